The van der Waals surface area contributed by atoms with Gasteiger partial charge in [0, 0.05) is 5.41 Å². The van der Waals surface area contributed by atoms with Crippen molar-refractivity contribution in [3.63, 3.8) is 0 Å². The van der Waals surface area contributed by atoms with Gasteiger partial charge in [-0.05, 0) is 68.1 Å². The summed E-state index contributed by atoms with van der Waals surface area (Å²) in [4.78, 5) is 2.47. The minimum Gasteiger partial charge on any atom is -0.306 e. The molecule has 1 heterocycles. The number of benzene rings is 2. The van der Waals surface area contributed by atoms with Crippen molar-refractivity contribution in [3.8, 4) is 0 Å². The number of nitrogens with zero attached hydrogens (tertiary/aromatic N) is 1. The number of hydrogen-bond donors (Lipinski definition) is 0. The van der Waals surface area contributed by atoms with Crippen molar-refractivity contribution in [1.29, 1.82) is 0 Å². The summed E-state index contributed by atoms with van der Waals surface area (Å²) in [5.74, 6) is 0. The average Bonchev–Trinajstić information content (AvgIpc) is 2.83. The Kier molecular flexibility index (Phi) is 7.25. The standard InChI is InChI=1S/C20H23N.2C2H6/c1-21-14-12-20(13-15-21)18-8-4-2-6-16(18)10-11-17-7-3-5-9-19(17)20;2*1-2/h2-9H,10-15H2,1H3;2*1-2H3. The Morgan fingerprint density at radius 3 is 1.52 bits per heavy atom. The van der Waals surface area contributed by atoms with E-state index < -0.39 is 0 Å². The second kappa shape index (κ2) is 9.20. The van der Waals surface area contributed by atoms with Gasteiger partial charge in [0.05, 0.1) is 0 Å². The molecule has 2 aromatic carbocycles. The fourth-order valence-corrected chi connectivity index (χ4v) is 4.36. The van der Waals surface area contributed by atoms with Gasteiger partial charge in [-0.3, -0.25) is 0 Å². The van der Waals surface area contributed by atoms with Crippen LogP contribution >= 0.6 is 0 Å². The molecule has 1 nitrogen and oxygen atoms in total. The molecule has 0 amide bonds. The lowest BCUT2D eigenvalue weighted by Gasteiger charge is -2.42. The van der Waals surface area contributed by atoms with Crippen molar-refractivity contribution < 1.29 is 0 Å². The third-order valence-electron chi connectivity index (χ3n) is 5.57. The Labute approximate surface area is 155 Å². The topological polar surface area (TPSA) is 3.24 Å². The van der Waals surface area contributed by atoms with Crippen LogP contribution in [-0.4, -0.2) is 25.0 Å². The first-order valence-corrected chi connectivity index (χ1v) is 10.1. The van der Waals surface area contributed by atoms with Gasteiger partial charge in [-0.25, -0.2) is 0 Å². The predicted octanol–water partition coefficient (Wildman–Crippen LogP) is 5.85. The molecule has 0 atom stereocenters. The van der Waals surface area contributed by atoms with Crippen LogP contribution in [0.4, 0.5) is 0 Å². The molecule has 4 rings (SSSR count). The molecular formula is C24H35N. The van der Waals surface area contributed by atoms with Gasteiger partial charge >= 0.3 is 0 Å². The van der Waals surface area contributed by atoms with E-state index in [1.54, 1.807) is 22.3 Å². The van der Waals surface area contributed by atoms with Crippen LogP contribution in [0, 0.1) is 0 Å². The summed E-state index contributed by atoms with van der Waals surface area (Å²) in [6.45, 7) is 10.4. The van der Waals surface area contributed by atoms with Gasteiger partial charge in [0.15, 0.2) is 0 Å². The first-order chi connectivity index (χ1) is 12.3. The summed E-state index contributed by atoms with van der Waals surface area (Å²) in [6.07, 6.45) is 4.87. The second-order valence-corrected chi connectivity index (χ2v) is 6.70. The highest BCUT2D eigenvalue weighted by molar-refractivity contribution is 5.50. The highest BCUT2D eigenvalue weighted by Crippen LogP contribution is 2.46. The van der Waals surface area contributed by atoms with Crippen LogP contribution in [0.1, 0.15) is 62.8 Å². The van der Waals surface area contributed by atoms with Gasteiger partial charge in [-0.2, -0.15) is 0 Å². The molecule has 2 aromatic rings. The lowest BCUT2D eigenvalue weighted by molar-refractivity contribution is 0.212. The normalized spacial score (nSPS) is 17.8. The monoisotopic (exact) mass is 337 g/mol. The molecule has 0 aromatic heterocycles. The van der Waals surface area contributed by atoms with Crippen molar-refractivity contribution in [3.05, 3.63) is 70.8 Å². The van der Waals surface area contributed by atoms with E-state index in [9.17, 15) is 0 Å². The van der Waals surface area contributed by atoms with E-state index in [1.165, 1.54) is 38.8 Å². The smallest absolute Gasteiger partial charge is 0.0232 e. The van der Waals surface area contributed by atoms with Gasteiger partial charge < -0.3 is 4.90 Å². The van der Waals surface area contributed by atoms with Gasteiger partial charge in [0.2, 0.25) is 0 Å². The molecule has 2 aliphatic rings. The van der Waals surface area contributed by atoms with Crippen molar-refractivity contribution in [1.82, 2.24) is 4.90 Å². The molecule has 136 valence electrons. The third kappa shape index (κ3) is 3.82. The zero-order chi connectivity index (χ0) is 18.3. The van der Waals surface area contributed by atoms with Crippen LogP contribution < -0.4 is 0 Å². The van der Waals surface area contributed by atoms with Crippen LogP contribution in [0.5, 0.6) is 0 Å². The van der Waals surface area contributed by atoms with Crippen LogP contribution in [0.15, 0.2) is 48.5 Å². The fourth-order valence-electron chi connectivity index (χ4n) is 4.36. The molecule has 1 fully saturated rings. The zero-order valence-electron chi connectivity index (χ0n) is 16.8. The molecule has 1 heteroatoms. The SMILES string of the molecule is CC.CC.CN1CCC2(CC1)c1ccccc1CCc1ccccc12. The lowest BCUT2D eigenvalue weighted by Crippen LogP contribution is -2.42. The van der Waals surface area contributed by atoms with Gasteiger partial charge in [0.25, 0.3) is 0 Å². The first kappa shape index (κ1) is 19.7. The van der Waals surface area contributed by atoms with Crippen molar-refractivity contribution >= 4 is 0 Å². The largest absolute Gasteiger partial charge is 0.306 e. The Morgan fingerprint density at radius 2 is 1.08 bits per heavy atom. The van der Waals surface area contributed by atoms with Crippen LogP contribution in [0.3, 0.4) is 0 Å². The second-order valence-electron chi connectivity index (χ2n) is 6.70. The summed E-state index contributed by atoms with van der Waals surface area (Å²) in [5.41, 5.74) is 6.58. The van der Waals surface area contributed by atoms with E-state index in [4.69, 9.17) is 0 Å². The fraction of sp³-hybridized carbons (Fsp3) is 0.500. The number of hydrogen-bond acceptors (Lipinski definition) is 1. The van der Waals surface area contributed by atoms with Crippen molar-refractivity contribution in [2.45, 2.75) is 58.8 Å². The van der Waals surface area contributed by atoms with E-state index >= 15 is 0 Å². The highest BCUT2D eigenvalue weighted by atomic mass is 15.1. The highest BCUT2D eigenvalue weighted by Gasteiger charge is 2.40. The molecule has 0 bridgehead atoms. The zero-order valence-corrected chi connectivity index (χ0v) is 16.8. The Morgan fingerprint density at radius 1 is 0.680 bits per heavy atom. The minimum atomic E-state index is 0.246. The molecular weight excluding hydrogens is 302 g/mol. The number of fused-ring (bicyclic) bond motifs is 4. The molecule has 1 aliphatic carbocycles. The van der Waals surface area contributed by atoms with Crippen LogP contribution in [0.25, 0.3) is 0 Å². The maximum absolute atomic E-state index is 2.47. The molecule has 0 N–H and O–H groups in total. The van der Waals surface area contributed by atoms with E-state index in [-0.39, 0.29) is 5.41 Å². The van der Waals surface area contributed by atoms with Crippen molar-refractivity contribution in [2.24, 2.45) is 0 Å². The Hall–Kier alpha value is -1.60. The predicted molar refractivity (Wildman–Crippen MR) is 110 cm³/mol. The minimum absolute atomic E-state index is 0.246. The number of rotatable bonds is 0. The van der Waals surface area contributed by atoms with Gasteiger partial charge in [0.1, 0.15) is 0 Å². The summed E-state index contributed by atoms with van der Waals surface area (Å²) >= 11 is 0. The van der Waals surface area contributed by atoms with E-state index in [0.717, 1.165) is 0 Å². The summed E-state index contributed by atoms with van der Waals surface area (Å²) < 4.78 is 0. The van der Waals surface area contributed by atoms with E-state index in [1.807, 2.05) is 27.7 Å². The number of piperidine rings is 1. The summed E-state index contributed by atoms with van der Waals surface area (Å²) in [6, 6.07) is 18.3. The van der Waals surface area contributed by atoms with E-state index in [2.05, 4.69) is 60.5 Å². The molecule has 1 saturated heterocycles. The molecule has 1 aliphatic heterocycles. The summed E-state index contributed by atoms with van der Waals surface area (Å²) in [7, 11) is 2.25. The molecule has 0 saturated carbocycles. The molecule has 25 heavy (non-hydrogen) atoms. The number of likely N-dealkylation sites (tertiary alicyclic amines) is 1. The van der Waals surface area contributed by atoms with Gasteiger partial charge in [-0.15, -0.1) is 0 Å². The molecule has 1 spiro atoms. The maximum Gasteiger partial charge on any atom is 0.0232 e. The summed E-state index contributed by atoms with van der Waals surface area (Å²) in [5, 5.41) is 0. The molecule has 0 unspecified atom stereocenters. The number of aryl methyl sites for hydroxylation is 2. The van der Waals surface area contributed by atoms with E-state index in [0.29, 0.717) is 0 Å². The van der Waals surface area contributed by atoms with Crippen molar-refractivity contribution in [2.75, 3.05) is 20.1 Å². The maximum atomic E-state index is 2.47. The lowest BCUT2D eigenvalue weighted by atomic mass is 9.66. The quantitative estimate of drug-likeness (QED) is 0.583. The third-order valence-corrected chi connectivity index (χ3v) is 5.57. The van der Waals surface area contributed by atoms with Crippen LogP contribution in [-0.2, 0) is 18.3 Å². The van der Waals surface area contributed by atoms with Gasteiger partial charge in [-0.1, -0.05) is 76.2 Å². The Bertz CT molecular complexity index is 601. The first-order valence-electron chi connectivity index (χ1n) is 10.1. The molecule has 0 radical (unpaired) electrons. The average molecular weight is 338 g/mol. The van der Waals surface area contributed by atoms with Crippen LogP contribution in [0.2, 0.25) is 0 Å². The Balaban J connectivity index is 0.000000528.